The standard InChI is InChI=1S/C14H16O2/c1-10-8-14(16-9-11(10)2)12-4-6-13(15-3)7-5-12/h4-7,14H,1-2,8-9H2,3H3. The highest BCUT2D eigenvalue weighted by Crippen LogP contribution is 2.32. The SMILES string of the molecule is C=C1COC(c2ccc(OC)cc2)CC1=C. The highest BCUT2D eigenvalue weighted by molar-refractivity contribution is 5.33. The fourth-order valence-corrected chi connectivity index (χ4v) is 1.76. The van der Waals surface area contributed by atoms with E-state index in [-0.39, 0.29) is 6.10 Å². The Morgan fingerprint density at radius 1 is 1.19 bits per heavy atom. The van der Waals surface area contributed by atoms with Gasteiger partial charge in [0.05, 0.1) is 19.8 Å². The van der Waals surface area contributed by atoms with E-state index in [1.54, 1.807) is 7.11 Å². The molecule has 1 heterocycles. The van der Waals surface area contributed by atoms with E-state index < -0.39 is 0 Å². The van der Waals surface area contributed by atoms with Gasteiger partial charge in [-0.3, -0.25) is 0 Å². The molecule has 0 N–H and O–H groups in total. The van der Waals surface area contributed by atoms with Crippen molar-refractivity contribution in [3.8, 4) is 5.75 Å². The molecule has 1 atom stereocenters. The highest BCUT2D eigenvalue weighted by Gasteiger charge is 2.20. The third-order valence-corrected chi connectivity index (χ3v) is 2.88. The minimum atomic E-state index is 0.101. The van der Waals surface area contributed by atoms with E-state index in [0.717, 1.165) is 28.9 Å². The Bertz CT molecular complexity index is 403. The maximum absolute atomic E-state index is 5.72. The van der Waals surface area contributed by atoms with Crippen LogP contribution in [0.2, 0.25) is 0 Å². The van der Waals surface area contributed by atoms with Crippen molar-refractivity contribution in [1.82, 2.24) is 0 Å². The monoisotopic (exact) mass is 216 g/mol. The summed E-state index contributed by atoms with van der Waals surface area (Å²) in [6.45, 7) is 8.49. The molecule has 1 fully saturated rings. The smallest absolute Gasteiger partial charge is 0.118 e. The fourth-order valence-electron chi connectivity index (χ4n) is 1.76. The average molecular weight is 216 g/mol. The lowest BCUT2D eigenvalue weighted by Gasteiger charge is -2.26. The number of hydrogen-bond donors (Lipinski definition) is 0. The van der Waals surface area contributed by atoms with E-state index in [0.29, 0.717) is 6.61 Å². The van der Waals surface area contributed by atoms with E-state index in [9.17, 15) is 0 Å². The minimum absolute atomic E-state index is 0.101. The molecule has 1 aliphatic heterocycles. The number of hydrogen-bond acceptors (Lipinski definition) is 2. The Kier molecular flexibility index (Phi) is 3.11. The summed E-state index contributed by atoms with van der Waals surface area (Å²) in [7, 11) is 1.66. The lowest BCUT2D eigenvalue weighted by molar-refractivity contribution is 0.0571. The molecule has 0 spiro atoms. The lowest BCUT2D eigenvalue weighted by Crippen LogP contribution is -2.15. The normalized spacial score (nSPS) is 20.9. The molecule has 0 aromatic heterocycles. The Balaban J connectivity index is 2.12. The van der Waals surface area contributed by atoms with Gasteiger partial charge in [0.25, 0.3) is 0 Å². The molecular formula is C14H16O2. The number of methoxy groups -OCH3 is 1. The topological polar surface area (TPSA) is 18.5 Å². The molecule has 0 saturated carbocycles. The van der Waals surface area contributed by atoms with E-state index in [1.165, 1.54) is 0 Å². The average Bonchev–Trinajstić information content (AvgIpc) is 2.33. The molecule has 84 valence electrons. The summed E-state index contributed by atoms with van der Waals surface area (Å²) < 4.78 is 10.8. The van der Waals surface area contributed by atoms with Crippen LogP contribution in [0.4, 0.5) is 0 Å². The molecule has 1 saturated heterocycles. The summed E-state index contributed by atoms with van der Waals surface area (Å²) in [6, 6.07) is 7.96. The molecule has 2 rings (SSSR count). The van der Waals surface area contributed by atoms with Crippen LogP contribution in [0.25, 0.3) is 0 Å². The Morgan fingerprint density at radius 2 is 1.88 bits per heavy atom. The molecule has 1 aromatic carbocycles. The van der Waals surface area contributed by atoms with Crippen LogP contribution in [0.1, 0.15) is 18.1 Å². The van der Waals surface area contributed by atoms with Crippen molar-refractivity contribution in [3.05, 3.63) is 54.1 Å². The first kappa shape index (κ1) is 11.0. The third kappa shape index (κ3) is 2.17. The maximum Gasteiger partial charge on any atom is 0.118 e. The van der Waals surface area contributed by atoms with E-state index >= 15 is 0 Å². The molecule has 1 aliphatic rings. The zero-order valence-electron chi connectivity index (χ0n) is 9.53. The second-order valence-electron chi connectivity index (χ2n) is 3.98. The molecule has 0 aliphatic carbocycles. The van der Waals surface area contributed by atoms with Crippen LogP contribution in [-0.2, 0) is 4.74 Å². The Morgan fingerprint density at radius 3 is 2.44 bits per heavy atom. The summed E-state index contributed by atoms with van der Waals surface area (Å²) in [5.74, 6) is 0.864. The predicted octanol–water partition coefficient (Wildman–Crippen LogP) is 3.27. The molecule has 2 nitrogen and oxygen atoms in total. The van der Waals surface area contributed by atoms with Gasteiger partial charge in [-0.15, -0.1) is 0 Å². The van der Waals surface area contributed by atoms with Gasteiger partial charge in [0, 0.05) is 6.42 Å². The predicted molar refractivity (Wildman–Crippen MR) is 64.6 cm³/mol. The number of ether oxygens (including phenoxy) is 2. The van der Waals surface area contributed by atoms with Crippen molar-refractivity contribution in [2.75, 3.05) is 13.7 Å². The highest BCUT2D eigenvalue weighted by atomic mass is 16.5. The van der Waals surface area contributed by atoms with E-state index in [1.807, 2.05) is 24.3 Å². The molecule has 16 heavy (non-hydrogen) atoms. The summed E-state index contributed by atoms with van der Waals surface area (Å²) in [5, 5.41) is 0. The van der Waals surface area contributed by atoms with Crippen LogP contribution < -0.4 is 4.74 Å². The van der Waals surface area contributed by atoms with Crippen molar-refractivity contribution < 1.29 is 9.47 Å². The van der Waals surface area contributed by atoms with Gasteiger partial charge in [-0.05, 0) is 28.8 Å². The van der Waals surface area contributed by atoms with Gasteiger partial charge in [-0.2, -0.15) is 0 Å². The lowest BCUT2D eigenvalue weighted by atomic mass is 9.95. The molecule has 2 heteroatoms. The Hall–Kier alpha value is -1.54. The van der Waals surface area contributed by atoms with Crippen molar-refractivity contribution >= 4 is 0 Å². The van der Waals surface area contributed by atoms with Gasteiger partial charge < -0.3 is 9.47 Å². The van der Waals surface area contributed by atoms with Crippen molar-refractivity contribution in [2.24, 2.45) is 0 Å². The summed E-state index contributed by atoms with van der Waals surface area (Å²) >= 11 is 0. The molecular weight excluding hydrogens is 200 g/mol. The first-order valence-corrected chi connectivity index (χ1v) is 5.32. The number of rotatable bonds is 2. The summed E-state index contributed by atoms with van der Waals surface area (Å²) in [6.07, 6.45) is 0.925. The van der Waals surface area contributed by atoms with Gasteiger partial charge in [-0.25, -0.2) is 0 Å². The Labute approximate surface area is 96.2 Å². The van der Waals surface area contributed by atoms with Crippen LogP contribution in [0.3, 0.4) is 0 Å². The first-order chi connectivity index (χ1) is 7.70. The molecule has 0 bridgehead atoms. The number of benzene rings is 1. The minimum Gasteiger partial charge on any atom is -0.497 e. The van der Waals surface area contributed by atoms with Gasteiger partial charge in [0.1, 0.15) is 5.75 Å². The van der Waals surface area contributed by atoms with Crippen LogP contribution >= 0.6 is 0 Å². The second-order valence-corrected chi connectivity index (χ2v) is 3.98. The maximum atomic E-state index is 5.72. The van der Waals surface area contributed by atoms with Crippen LogP contribution in [0.5, 0.6) is 5.75 Å². The zero-order valence-corrected chi connectivity index (χ0v) is 9.53. The van der Waals surface area contributed by atoms with Crippen molar-refractivity contribution in [3.63, 3.8) is 0 Å². The van der Waals surface area contributed by atoms with Gasteiger partial charge in [-0.1, -0.05) is 25.3 Å². The first-order valence-electron chi connectivity index (χ1n) is 5.32. The van der Waals surface area contributed by atoms with Crippen molar-refractivity contribution in [1.29, 1.82) is 0 Å². The van der Waals surface area contributed by atoms with Gasteiger partial charge in [0.15, 0.2) is 0 Å². The van der Waals surface area contributed by atoms with Gasteiger partial charge in [0.2, 0.25) is 0 Å². The van der Waals surface area contributed by atoms with Crippen LogP contribution in [-0.4, -0.2) is 13.7 Å². The largest absolute Gasteiger partial charge is 0.497 e. The van der Waals surface area contributed by atoms with E-state index in [4.69, 9.17) is 9.47 Å². The quantitative estimate of drug-likeness (QED) is 0.755. The molecule has 0 amide bonds. The summed E-state index contributed by atoms with van der Waals surface area (Å²) in [4.78, 5) is 0. The molecule has 1 unspecified atom stereocenters. The zero-order chi connectivity index (χ0) is 11.5. The van der Waals surface area contributed by atoms with E-state index in [2.05, 4.69) is 13.2 Å². The molecule has 1 aromatic rings. The summed E-state index contributed by atoms with van der Waals surface area (Å²) in [5.41, 5.74) is 3.26. The second kappa shape index (κ2) is 4.54. The fraction of sp³-hybridized carbons (Fsp3) is 0.286. The molecule has 0 radical (unpaired) electrons. The third-order valence-electron chi connectivity index (χ3n) is 2.88. The van der Waals surface area contributed by atoms with Crippen molar-refractivity contribution in [2.45, 2.75) is 12.5 Å². The van der Waals surface area contributed by atoms with Crippen LogP contribution in [0.15, 0.2) is 48.6 Å². The van der Waals surface area contributed by atoms with Gasteiger partial charge >= 0.3 is 0 Å². The van der Waals surface area contributed by atoms with Crippen LogP contribution in [0, 0.1) is 0 Å².